The summed E-state index contributed by atoms with van der Waals surface area (Å²) in [6, 6.07) is 9.44. The van der Waals surface area contributed by atoms with Gasteiger partial charge in [-0.1, -0.05) is 18.2 Å². The van der Waals surface area contributed by atoms with Gasteiger partial charge in [-0.2, -0.15) is 0 Å². The van der Waals surface area contributed by atoms with Gasteiger partial charge in [0.05, 0.1) is 7.11 Å². The van der Waals surface area contributed by atoms with Crippen LogP contribution < -0.4 is 4.74 Å². The Morgan fingerprint density at radius 2 is 2.00 bits per heavy atom. The fraction of sp³-hybridized carbons (Fsp3) is 0.250. The molecule has 0 radical (unpaired) electrons. The van der Waals surface area contributed by atoms with E-state index in [9.17, 15) is 4.79 Å². The molecular weight excluding hydrogens is 192 g/mol. The smallest absolute Gasteiger partial charge is 0.330 e. The summed E-state index contributed by atoms with van der Waals surface area (Å²) in [5.74, 6) is 0.401. The molecule has 0 amide bonds. The molecule has 3 heteroatoms. The summed E-state index contributed by atoms with van der Waals surface area (Å²) in [6.07, 6.45) is 2.85. The molecule has 15 heavy (non-hydrogen) atoms. The van der Waals surface area contributed by atoms with E-state index in [1.54, 1.807) is 6.08 Å². The largest absolute Gasteiger partial charge is 0.487 e. The molecule has 1 aromatic rings. The number of benzene rings is 1. The van der Waals surface area contributed by atoms with Gasteiger partial charge in [0.15, 0.2) is 0 Å². The highest BCUT2D eigenvalue weighted by Crippen LogP contribution is 2.10. The number of methoxy groups -OCH3 is 1. The van der Waals surface area contributed by atoms with Gasteiger partial charge in [-0.3, -0.25) is 0 Å². The Hall–Kier alpha value is -1.77. The highest BCUT2D eigenvalue weighted by atomic mass is 16.5. The second-order valence-corrected chi connectivity index (χ2v) is 3.02. The van der Waals surface area contributed by atoms with Crippen LogP contribution in [0.15, 0.2) is 42.5 Å². The van der Waals surface area contributed by atoms with Gasteiger partial charge < -0.3 is 9.47 Å². The third-order valence-electron chi connectivity index (χ3n) is 1.77. The average molecular weight is 206 g/mol. The van der Waals surface area contributed by atoms with E-state index in [1.807, 2.05) is 37.3 Å². The Kier molecular flexibility index (Phi) is 4.41. The number of hydrogen-bond donors (Lipinski definition) is 0. The van der Waals surface area contributed by atoms with E-state index >= 15 is 0 Å². The zero-order valence-electron chi connectivity index (χ0n) is 8.84. The molecule has 1 atom stereocenters. The fourth-order valence-corrected chi connectivity index (χ4v) is 1.04. The van der Waals surface area contributed by atoms with Crippen LogP contribution in [0, 0.1) is 0 Å². The molecule has 1 rings (SSSR count). The van der Waals surface area contributed by atoms with Crippen molar-refractivity contribution in [2.75, 3.05) is 7.11 Å². The summed E-state index contributed by atoms with van der Waals surface area (Å²) in [4.78, 5) is 10.8. The highest BCUT2D eigenvalue weighted by molar-refractivity contribution is 5.81. The Labute approximate surface area is 89.3 Å². The Bertz CT molecular complexity index is 330. The van der Waals surface area contributed by atoms with Crippen molar-refractivity contribution in [3.63, 3.8) is 0 Å². The SMILES string of the molecule is COC(=O)/C=C/C(C)Oc1ccccc1. The Morgan fingerprint density at radius 1 is 1.33 bits per heavy atom. The van der Waals surface area contributed by atoms with Crippen LogP contribution in [0.5, 0.6) is 5.75 Å². The molecule has 0 saturated heterocycles. The monoisotopic (exact) mass is 206 g/mol. The molecule has 0 heterocycles. The molecule has 3 nitrogen and oxygen atoms in total. The molecule has 0 N–H and O–H groups in total. The van der Waals surface area contributed by atoms with Crippen molar-refractivity contribution < 1.29 is 14.3 Å². The average Bonchev–Trinajstić information content (AvgIpc) is 2.27. The van der Waals surface area contributed by atoms with Gasteiger partial charge in [-0.05, 0) is 25.1 Å². The van der Waals surface area contributed by atoms with Gasteiger partial charge in [-0.15, -0.1) is 0 Å². The van der Waals surface area contributed by atoms with E-state index in [4.69, 9.17) is 4.74 Å². The first-order chi connectivity index (χ1) is 7.22. The molecule has 0 saturated carbocycles. The maximum absolute atomic E-state index is 10.8. The van der Waals surface area contributed by atoms with Gasteiger partial charge in [0.1, 0.15) is 11.9 Å². The summed E-state index contributed by atoms with van der Waals surface area (Å²) in [6.45, 7) is 1.85. The van der Waals surface area contributed by atoms with Crippen molar-refractivity contribution in [2.24, 2.45) is 0 Å². The van der Waals surface area contributed by atoms with E-state index in [0.717, 1.165) is 5.75 Å². The predicted octanol–water partition coefficient (Wildman–Crippen LogP) is 2.18. The fourth-order valence-electron chi connectivity index (χ4n) is 1.04. The molecule has 0 aliphatic rings. The second-order valence-electron chi connectivity index (χ2n) is 3.02. The van der Waals surface area contributed by atoms with Gasteiger partial charge in [0, 0.05) is 6.08 Å². The van der Waals surface area contributed by atoms with Crippen molar-refractivity contribution in [3.05, 3.63) is 42.5 Å². The summed E-state index contributed by atoms with van der Waals surface area (Å²) < 4.78 is 9.98. The number of carbonyl (C=O) groups excluding carboxylic acids is 1. The van der Waals surface area contributed by atoms with Gasteiger partial charge in [0.2, 0.25) is 0 Å². The maximum atomic E-state index is 10.8. The van der Waals surface area contributed by atoms with Crippen LogP contribution in [-0.4, -0.2) is 19.2 Å². The normalized spacial score (nSPS) is 12.4. The number of para-hydroxylation sites is 1. The first-order valence-corrected chi connectivity index (χ1v) is 4.70. The zero-order chi connectivity index (χ0) is 11.1. The Morgan fingerprint density at radius 3 is 2.60 bits per heavy atom. The van der Waals surface area contributed by atoms with E-state index in [0.29, 0.717) is 0 Å². The molecule has 1 unspecified atom stereocenters. The minimum absolute atomic E-state index is 0.161. The van der Waals surface area contributed by atoms with E-state index in [2.05, 4.69) is 4.74 Å². The topological polar surface area (TPSA) is 35.5 Å². The molecule has 80 valence electrons. The molecule has 1 aromatic carbocycles. The number of rotatable bonds is 4. The molecule has 0 aromatic heterocycles. The summed E-state index contributed by atoms with van der Waals surface area (Å²) >= 11 is 0. The van der Waals surface area contributed by atoms with E-state index in [-0.39, 0.29) is 12.1 Å². The Balaban J connectivity index is 2.46. The van der Waals surface area contributed by atoms with E-state index < -0.39 is 0 Å². The van der Waals surface area contributed by atoms with Crippen LogP contribution in [0.4, 0.5) is 0 Å². The summed E-state index contributed by atoms with van der Waals surface area (Å²) in [7, 11) is 1.34. The number of esters is 1. The number of carbonyl (C=O) groups is 1. The first-order valence-electron chi connectivity index (χ1n) is 4.70. The quantitative estimate of drug-likeness (QED) is 0.559. The summed E-state index contributed by atoms with van der Waals surface area (Å²) in [5, 5.41) is 0. The number of ether oxygens (including phenoxy) is 2. The van der Waals surface area contributed by atoms with Crippen LogP contribution in [0.25, 0.3) is 0 Å². The number of hydrogen-bond acceptors (Lipinski definition) is 3. The molecule has 0 aliphatic carbocycles. The van der Waals surface area contributed by atoms with Crippen LogP contribution >= 0.6 is 0 Å². The van der Waals surface area contributed by atoms with Crippen molar-refractivity contribution in [3.8, 4) is 5.75 Å². The third kappa shape index (κ3) is 4.31. The lowest BCUT2D eigenvalue weighted by Gasteiger charge is -2.09. The maximum Gasteiger partial charge on any atom is 0.330 e. The molecule has 0 bridgehead atoms. The summed E-state index contributed by atoms with van der Waals surface area (Å²) in [5.41, 5.74) is 0. The molecule has 0 fully saturated rings. The minimum atomic E-state index is -0.376. The lowest BCUT2D eigenvalue weighted by atomic mass is 10.3. The first kappa shape index (κ1) is 11.3. The molecular formula is C12H14O3. The highest BCUT2D eigenvalue weighted by Gasteiger charge is 1.99. The lowest BCUT2D eigenvalue weighted by molar-refractivity contribution is -0.134. The molecule has 0 spiro atoms. The predicted molar refractivity (Wildman–Crippen MR) is 57.7 cm³/mol. The van der Waals surface area contributed by atoms with Gasteiger partial charge >= 0.3 is 5.97 Å². The second kappa shape index (κ2) is 5.86. The van der Waals surface area contributed by atoms with Crippen LogP contribution in [0.3, 0.4) is 0 Å². The zero-order valence-corrected chi connectivity index (χ0v) is 8.84. The van der Waals surface area contributed by atoms with Crippen LogP contribution in [0.2, 0.25) is 0 Å². The van der Waals surface area contributed by atoms with Gasteiger partial charge in [-0.25, -0.2) is 4.79 Å². The standard InChI is InChI=1S/C12H14O3/c1-10(8-9-12(13)14-2)15-11-6-4-3-5-7-11/h3-10H,1-2H3/b9-8+. The van der Waals surface area contributed by atoms with Crippen molar-refractivity contribution in [1.82, 2.24) is 0 Å². The van der Waals surface area contributed by atoms with Crippen molar-refractivity contribution in [1.29, 1.82) is 0 Å². The van der Waals surface area contributed by atoms with Crippen molar-refractivity contribution in [2.45, 2.75) is 13.0 Å². The van der Waals surface area contributed by atoms with Gasteiger partial charge in [0.25, 0.3) is 0 Å². The van der Waals surface area contributed by atoms with Crippen LogP contribution in [0.1, 0.15) is 6.92 Å². The minimum Gasteiger partial charge on any atom is -0.487 e. The van der Waals surface area contributed by atoms with Crippen molar-refractivity contribution >= 4 is 5.97 Å². The van der Waals surface area contributed by atoms with Crippen LogP contribution in [-0.2, 0) is 9.53 Å². The third-order valence-corrected chi connectivity index (χ3v) is 1.77. The van der Waals surface area contributed by atoms with E-state index in [1.165, 1.54) is 13.2 Å². The lowest BCUT2D eigenvalue weighted by Crippen LogP contribution is -2.09. The molecule has 0 aliphatic heterocycles.